The van der Waals surface area contributed by atoms with Gasteiger partial charge in [0.1, 0.15) is 0 Å². The lowest BCUT2D eigenvalue weighted by atomic mass is 10.2. The van der Waals surface area contributed by atoms with Crippen LogP contribution < -0.4 is 10.2 Å². The van der Waals surface area contributed by atoms with Crippen molar-refractivity contribution in [2.75, 3.05) is 23.3 Å². The molecule has 0 bridgehead atoms. The molecule has 3 atom stereocenters. The SMILES string of the molecule is Clc1cc(Cl)cc(CNc2ncc(-c3nnc(N4C[C@@H]5C(c6cn[nH]n6)[C@@H]5C4)o3)cn2)c1. The first-order chi connectivity index (χ1) is 15.6. The summed E-state index contributed by atoms with van der Waals surface area (Å²) in [7, 11) is 0. The lowest BCUT2D eigenvalue weighted by Crippen LogP contribution is -2.23. The summed E-state index contributed by atoms with van der Waals surface area (Å²) in [5.74, 6) is 2.45. The number of aromatic amines is 1. The first kappa shape index (κ1) is 19.4. The molecule has 1 saturated carbocycles. The number of anilines is 2. The first-order valence-electron chi connectivity index (χ1n) is 10.1. The van der Waals surface area contributed by atoms with Crippen molar-refractivity contribution >= 4 is 35.2 Å². The lowest BCUT2D eigenvalue weighted by molar-refractivity contribution is 0.543. The van der Waals surface area contributed by atoms with Gasteiger partial charge in [-0.2, -0.15) is 15.4 Å². The number of benzene rings is 1. The van der Waals surface area contributed by atoms with Crippen LogP contribution in [0.4, 0.5) is 12.0 Å². The van der Waals surface area contributed by atoms with Gasteiger partial charge in [0.05, 0.1) is 17.5 Å². The number of halogens is 2. The van der Waals surface area contributed by atoms with Crippen molar-refractivity contribution in [2.45, 2.75) is 12.5 Å². The quantitative estimate of drug-likeness (QED) is 0.437. The number of H-pyrrole nitrogens is 1. The van der Waals surface area contributed by atoms with Crippen molar-refractivity contribution in [3.8, 4) is 11.5 Å². The van der Waals surface area contributed by atoms with E-state index in [1.54, 1.807) is 24.7 Å². The first-order valence-corrected chi connectivity index (χ1v) is 10.8. The third-order valence-electron chi connectivity index (χ3n) is 5.93. The van der Waals surface area contributed by atoms with Crippen molar-refractivity contribution in [1.29, 1.82) is 0 Å². The molecule has 10 nitrogen and oxygen atoms in total. The summed E-state index contributed by atoms with van der Waals surface area (Å²) in [5.41, 5.74) is 2.63. The Bertz CT molecular complexity index is 1210. The summed E-state index contributed by atoms with van der Waals surface area (Å²) in [6.45, 7) is 2.24. The molecule has 0 amide bonds. The van der Waals surface area contributed by atoms with Crippen LogP contribution in [0, 0.1) is 11.8 Å². The molecule has 2 N–H and O–H groups in total. The van der Waals surface area contributed by atoms with E-state index in [9.17, 15) is 0 Å². The van der Waals surface area contributed by atoms with Crippen molar-refractivity contribution in [1.82, 2.24) is 35.6 Å². The molecule has 2 aliphatic rings. The van der Waals surface area contributed by atoms with Gasteiger partial charge in [-0.15, -0.1) is 5.10 Å². The third kappa shape index (κ3) is 3.65. The molecule has 32 heavy (non-hydrogen) atoms. The van der Waals surface area contributed by atoms with Crippen LogP contribution in [0.15, 0.2) is 41.2 Å². The van der Waals surface area contributed by atoms with Crippen LogP contribution in [0.3, 0.4) is 0 Å². The smallest absolute Gasteiger partial charge is 0.318 e. The Balaban J connectivity index is 1.08. The topological polar surface area (TPSA) is 122 Å². The van der Waals surface area contributed by atoms with Crippen LogP contribution >= 0.6 is 23.2 Å². The average Bonchev–Trinajstić information content (AvgIpc) is 3.32. The summed E-state index contributed by atoms with van der Waals surface area (Å²) in [6.07, 6.45) is 5.11. The molecule has 3 aromatic heterocycles. The zero-order valence-corrected chi connectivity index (χ0v) is 18.1. The standard InChI is InChI=1S/C20H17Cl2N9O/c21-12-1-10(2-13(22)3-12)4-23-19-24-5-11(6-25-19)18-28-29-20(32-18)31-8-14-15(9-31)17(14)16-7-26-30-27-16/h1-3,5-7,14-15,17H,4,8-9H2,(H,23,24,25)(H,26,27,30)/t14-,15+,17?. The normalized spacial score (nSPS) is 21.6. The Morgan fingerprint density at radius 3 is 2.47 bits per heavy atom. The second-order valence-electron chi connectivity index (χ2n) is 7.97. The molecular formula is C20H17Cl2N9O. The molecule has 1 aromatic carbocycles. The summed E-state index contributed by atoms with van der Waals surface area (Å²) in [6, 6.07) is 5.89. The number of fused-ring (bicyclic) bond motifs is 1. The van der Waals surface area contributed by atoms with Crippen LogP contribution in [-0.4, -0.2) is 48.7 Å². The predicted molar refractivity (Wildman–Crippen MR) is 117 cm³/mol. The maximum Gasteiger partial charge on any atom is 0.318 e. The molecular weight excluding hydrogens is 453 g/mol. The fourth-order valence-corrected chi connectivity index (χ4v) is 4.95. The minimum atomic E-state index is 0.391. The predicted octanol–water partition coefficient (Wildman–Crippen LogP) is 3.41. The number of hydrogen-bond acceptors (Lipinski definition) is 9. The van der Waals surface area contributed by atoms with Crippen molar-refractivity contribution in [2.24, 2.45) is 11.8 Å². The lowest BCUT2D eigenvalue weighted by Gasteiger charge is -2.15. The van der Waals surface area contributed by atoms with Gasteiger partial charge < -0.3 is 14.6 Å². The fraction of sp³-hybridized carbons (Fsp3) is 0.300. The van der Waals surface area contributed by atoms with Gasteiger partial charge in [-0.05, 0) is 35.6 Å². The van der Waals surface area contributed by atoms with Gasteiger partial charge in [-0.3, -0.25) is 0 Å². The molecule has 162 valence electrons. The van der Waals surface area contributed by atoms with Gasteiger partial charge in [-0.25, -0.2) is 9.97 Å². The summed E-state index contributed by atoms with van der Waals surface area (Å²) in [5, 5.41) is 23.5. The van der Waals surface area contributed by atoms with Crippen LogP contribution in [0.2, 0.25) is 10.0 Å². The number of aromatic nitrogens is 7. The Morgan fingerprint density at radius 1 is 1.03 bits per heavy atom. The van der Waals surface area contributed by atoms with Crippen molar-refractivity contribution < 1.29 is 4.42 Å². The Hall–Kier alpha value is -3.24. The molecule has 12 heteroatoms. The maximum atomic E-state index is 6.03. The molecule has 1 aliphatic carbocycles. The minimum absolute atomic E-state index is 0.391. The largest absolute Gasteiger partial charge is 0.403 e. The zero-order valence-electron chi connectivity index (χ0n) is 16.6. The van der Waals surface area contributed by atoms with Crippen molar-refractivity contribution in [3.05, 3.63) is 58.1 Å². The molecule has 2 fully saturated rings. The molecule has 0 radical (unpaired) electrons. The van der Waals surface area contributed by atoms with Crippen LogP contribution in [-0.2, 0) is 6.54 Å². The molecule has 1 unspecified atom stereocenters. The van der Waals surface area contributed by atoms with Gasteiger partial charge in [0, 0.05) is 48.0 Å². The molecule has 6 rings (SSSR count). The van der Waals surface area contributed by atoms with Crippen LogP contribution in [0.1, 0.15) is 17.2 Å². The van der Waals surface area contributed by atoms with E-state index in [1.165, 1.54) is 0 Å². The van der Waals surface area contributed by atoms with Crippen LogP contribution in [0.25, 0.3) is 11.5 Å². The average molecular weight is 470 g/mol. The van der Waals surface area contributed by atoms with Gasteiger partial charge in [0.25, 0.3) is 5.89 Å². The minimum Gasteiger partial charge on any atom is -0.403 e. The van der Waals surface area contributed by atoms with E-state index in [1.807, 2.05) is 12.1 Å². The Kier molecular flexibility index (Phi) is 4.69. The molecule has 0 spiro atoms. The highest BCUT2D eigenvalue weighted by Crippen LogP contribution is 2.58. The van der Waals surface area contributed by atoms with Gasteiger partial charge in [0.2, 0.25) is 5.95 Å². The molecule has 4 heterocycles. The summed E-state index contributed by atoms with van der Waals surface area (Å²) >= 11 is 12.1. The molecule has 1 saturated heterocycles. The number of piperidine rings is 1. The van der Waals surface area contributed by atoms with Gasteiger partial charge in [-0.1, -0.05) is 28.3 Å². The second kappa shape index (κ2) is 7.72. The van der Waals surface area contributed by atoms with E-state index in [2.05, 4.69) is 45.8 Å². The number of rotatable bonds is 6. The second-order valence-corrected chi connectivity index (χ2v) is 8.84. The van der Waals surface area contributed by atoms with E-state index in [-0.39, 0.29) is 0 Å². The Labute approximate surface area is 192 Å². The fourth-order valence-electron chi connectivity index (χ4n) is 4.38. The summed E-state index contributed by atoms with van der Waals surface area (Å²) < 4.78 is 5.88. The van der Waals surface area contributed by atoms with E-state index >= 15 is 0 Å². The number of nitrogens with one attached hydrogen (secondary N) is 2. The molecule has 4 aromatic rings. The zero-order chi connectivity index (χ0) is 21.7. The van der Waals surface area contributed by atoms with Crippen molar-refractivity contribution in [3.63, 3.8) is 0 Å². The number of hydrogen-bond donors (Lipinski definition) is 2. The highest BCUT2D eigenvalue weighted by Gasteiger charge is 2.58. The monoisotopic (exact) mass is 469 g/mol. The van der Waals surface area contributed by atoms with Gasteiger partial charge in [0.15, 0.2) is 0 Å². The third-order valence-corrected chi connectivity index (χ3v) is 6.36. The van der Waals surface area contributed by atoms with E-state index in [4.69, 9.17) is 27.6 Å². The maximum absolute atomic E-state index is 6.03. The van der Waals surface area contributed by atoms with E-state index < -0.39 is 0 Å². The Morgan fingerprint density at radius 2 is 1.78 bits per heavy atom. The van der Waals surface area contributed by atoms with E-state index in [0.717, 1.165) is 24.3 Å². The summed E-state index contributed by atoms with van der Waals surface area (Å²) in [4.78, 5) is 10.8. The highest BCUT2D eigenvalue weighted by atomic mass is 35.5. The highest BCUT2D eigenvalue weighted by molar-refractivity contribution is 6.34. The van der Waals surface area contributed by atoms with E-state index in [0.29, 0.717) is 57.8 Å². The number of nitrogens with zero attached hydrogens (tertiary/aromatic N) is 7. The van der Waals surface area contributed by atoms with Crippen LogP contribution in [0.5, 0.6) is 0 Å². The molecule has 1 aliphatic heterocycles. The van der Waals surface area contributed by atoms with Gasteiger partial charge >= 0.3 is 6.01 Å².